The second-order valence-electron chi connectivity index (χ2n) is 8.85. The molecule has 1 aromatic heterocycles. The van der Waals surface area contributed by atoms with Crippen LogP contribution < -0.4 is 15.4 Å². The molecule has 0 saturated carbocycles. The van der Waals surface area contributed by atoms with Crippen molar-refractivity contribution in [1.29, 1.82) is 0 Å². The molecule has 0 unspecified atom stereocenters. The largest absolute Gasteiger partial charge is 0.497 e. The Labute approximate surface area is 211 Å². The highest BCUT2D eigenvalue weighted by Crippen LogP contribution is 2.16. The molecule has 2 N–H and O–H groups in total. The number of rotatable bonds is 9. The average molecular weight is 483 g/mol. The fraction of sp³-hybridized carbons (Fsp3) is 0.207. The normalized spacial score (nSPS) is 10.6. The highest BCUT2D eigenvalue weighted by atomic mass is 16.5. The molecular weight excluding hydrogens is 452 g/mol. The van der Waals surface area contributed by atoms with Crippen molar-refractivity contribution >= 4 is 23.2 Å². The van der Waals surface area contributed by atoms with Crippen LogP contribution in [0.1, 0.15) is 39.2 Å². The number of carbonyl (C=O) groups is 2. The zero-order valence-corrected chi connectivity index (χ0v) is 20.7. The number of imidazole rings is 1. The van der Waals surface area contributed by atoms with Gasteiger partial charge in [0.2, 0.25) is 5.91 Å². The molecule has 184 valence electrons. The van der Waals surface area contributed by atoms with Crippen molar-refractivity contribution in [2.45, 2.75) is 33.2 Å². The maximum absolute atomic E-state index is 12.6. The molecule has 0 fully saturated rings. The van der Waals surface area contributed by atoms with E-state index in [1.54, 1.807) is 19.6 Å². The van der Waals surface area contributed by atoms with Crippen molar-refractivity contribution in [3.05, 3.63) is 107 Å². The van der Waals surface area contributed by atoms with E-state index >= 15 is 0 Å². The van der Waals surface area contributed by atoms with Crippen LogP contribution >= 0.6 is 0 Å². The number of nitrogens with one attached hydrogen (secondary N) is 2. The first kappa shape index (κ1) is 24.7. The van der Waals surface area contributed by atoms with Gasteiger partial charge in [0.1, 0.15) is 11.4 Å². The molecular formula is C29H30N4O3. The topological polar surface area (TPSA) is 85.2 Å². The molecule has 0 saturated heterocycles. The van der Waals surface area contributed by atoms with Crippen LogP contribution in [0.5, 0.6) is 5.75 Å². The number of carbonyl (C=O) groups excluding carboxylic acids is 2. The summed E-state index contributed by atoms with van der Waals surface area (Å²) in [4.78, 5) is 29.2. The Bertz CT molecular complexity index is 1320. The molecule has 0 bridgehead atoms. The van der Waals surface area contributed by atoms with Crippen molar-refractivity contribution in [1.82, 2.24) is 9.55 Å². The van der Waals surface area contributed by atoms with Gasteiger partial charge in [-0.1, -0.05) is 30.3 Å². The zero-order valence-electron chi connectivity index (χ0n) is 20.7. The standard InChI is InChI=1S/C29H30N4O3/c1-20-14-21(2)16-25(15-20)32-29(35)27-18-33(19-30-27)17-23-4-9-24(10-5-23)31-28(34)13-8-22-6-11-26(36-3)12-7-22/h4-7,9-12,14-16,18-19H,8,13,17H2,1-3H3,(H,31,34)(H,32,35). The van der Waals surface area contributed by atoms with Crippen molar-refractivity contribution in [3.63, 3.8) is 0 Å². The van der Waals surface area contributed by atoms with Crippen molar-refractivity contribution in [3.8, 4) is 5.75 Å². The summed E-state index contributed by atoms with van der Waals surface area (Å²) in [5.41, 5.74) is 6.16. The Kier molecular flexibility index (Phi) is 7.80. The van der Waals surface area contributed by atoms with E-state index in [4.69, 9.17) is 4.74 Å². The van der Waals surface area contributed by atoms with E-state index in [2.05, 4.69) is 21.7 Å². The lowest BCUT2D eigenvalue weighted by atomic mass is 10.1. The summed E-state index contributed by atoms with van der Waals surface area (Å²) in [5.74, 6) is 0.523. The maximum atomic E-state index is 12.6. The van der Waals surface area contributed by atoms with Gasteiger partial charge in [0, 0.05) is 30.5 Å². The second kappa shape index (κ2) is 11.4. The van der Waals surface area contributed by atoms with E-state index in [-0.39, 0.29) is 11.8 Å². The van der Waals surface area contributed by atoms with E-state index in [0.717, 1.165) is 39.4 Å². The minimum atomic E-state index is -0.244. The third kappa shape index (κ3) is 6.82. The quantitative estimate of drug-likeness (QED) is 0.335. The van der Waals surface area contributed by atoms with Gasteiger partial charge < -0.3 is 19.9 Å². The molecule has 0 radical (unpaired) electrons. The lowest BCUT2D eigenvalue weighted by Gasteiger charge is -2.08. The summed E-state index contributed by atoms with van der Waals surface area (Å²) in [5, 5.41) is 5.85. The third-order valence-electron chi connectivity index (χ3n) is 5.75. The molecule has 3 aromatic carbocycles. The predicted octanol–water partition coefficient (Wildman–Crippen LogP) is 5.38. The average Bonchev–Trinajstić information content (AvgIpc) is 3.32. The summed E-state index contributed by atoms with van der Waals surface area (Å²) in [6, 6.07) is 21.3. The van der Waals surface area contributed by atoms with Gasteiger partial charge in [-0.05, 0) is 78.9 Å². The molecule has 7 heteroatoms. The number of methoxy groups -OCH3 is 1. The first-order valence-electron chi connectivity index (χ1n) is 11.8. The van der Waals surface area contributed by atoms with E-state index in [0.29, 0.717) is 25.1 Å². The molecule has 7 nitrogen and oxygen atoms in total. The zero-order chi connectivity index (χ0) is 25.5. The molecule has 1 heterocycles. The molecule has 0 aliphatic rings. The third-order valence-corrected chi connectivity index (χ3v) is 5.75. The molecule has 4 rings (SSSR count). The smallest absolute Gasteiger partial charge is 0.275 e. The number of hydrogen-bond donors (Lipinski definition) is 2. The highest BCUT2D eigenvalue weighted by Gasteiger charge is 2.11. The number of aromatic nitrogens is 2. The molecule has 36 heavy (non-hydrogen) atoms. The molecule has 0 atom stereocenters. The van der Waals surface area contributed by atoms with Gasteiger partial charge >= 0.3 is 0 Å². The lowest BCUT2D eigenvalue weighted by molar-refractivity contribution is -0.116. The summed E-state index contributed by atoms with van der Waals surface area (Å²) in [7, 11) is 1.63. The van der Waals surface area contributed by atoms with Crippen LogP contribution in [0.25, 0.3) is 0 Å². The Morgan fingerprint density at radius 1 is 0.861 bits per heavy atom. The first-order chi connectivity index (χ1) is 17.4. The van der Waals surface area contributed by atoms with E-state index in [1.807, 2.05) is 79.1 Å². The van der Waals surface area contributed by atoms with Gasteiger partial charge in [-0.2, -0.15) is 0 Å². The number of benzene rings is 3. The highest BCUT2D eigenvalue weighted by molar-refractivity contribution is 6.02. The van der Waals surface area contributed by atoms with E-state index in [9.17, 15) is 9.59 Å². The van der Waals surface area contributed by atoms with Gasteiger partial charge in [-0.25, -0.2) is 4.98 Å². The lowest BCUT2D eigenvalue weighted by Crippen LogP contribution is -2.12. The SMILES string of the molecule is COc1ccc(CCC(=O)Nc2ccc(Cn3cnc(C(=O)Nc4cc(C)cc(C)c4)c3)cc2)cc1. The number of hydrogen-bond acceptors (Lipinski definition) is 4. The van der Waals surface area contributed by atoms with Gasteiger partial charge in [0.15, 0.2) is 0 Å². The number of amides is 2. The van der Waals surface area contributed by atoms with E-state index in [1.165, 1.54) is 0 Å². The minimum Gasteiger partial charge on any atom is -0.497 e. The van der Waals surface area contributed by atoms with Crippen molar-refractivity contribution in [2.24, 2.45) is 0 Å². The predicted molar refractivity (Wildman–Crippen MR) is 142 cm³/mol. The van der Waals surface area contributed by atoms with Crippen LogP contribution in [0.3, 0.4) is 0 Å². The Hall–Kier alpha value is -4.39. The summed E-state index contributed by atoms with van der Waals surface area (Å²) >= 11 is 0. The van der Waals surface area contributed by atoms with E-state index < -0.39 is 0 Å². The van der Waals surface area contributed by atoms with Crippen LogP contribution in [-0.4, -0.2) is 28.5 Å². The Morgan fingerprint density at radius 3 is 2.19 bits per heavy atom. The first-order valence-corrected chi connectivity index (χ1v) is 11.8. The van der Waals surface area contributed by atoms with Crippen molar-refractivity contribution in [2.75, 3.05) is 17.7 Å². The van der Waals surface area contributed by atoms with Crippen LogP contribution in [0, 0.1) is 13.8 Å². The number of ether oxygens (including phenoxy) is 1. The summed E-state index contributed by atoms with van der Waals surface area (Å²) in [6.07, 6.45) is 4.43. The monoisotopic (exact) mass is 482 g/mol. The van der Waals surface area contributed by atoms with Crippen LogP contribution in [-0.2, 0) is 17.8 Å². The maximum Gasteiger partial charge on any atom is 0.275 e. The molecule has 2 amide bonds. The van der Waals surface area contributed by atoms with Gasteiger partial charge in [0.25, 0.3) is 5.91 Å². The number of nitrogens with zero attached hydrogens (tertiary/aromatic N) is 2. The molecule has 0 spiro atoms. The number of aryl methyl sites for hydroxylation is 3. The molecule has 4 aromatic rings. The minimum absolute atomic E-state index is 0.0346. The Balaban J connectivity index is 1.27. The molecule has 0 aliphatic heterocycles. The fourth-order valence-corrected chi connectivity index (χ4v) is 3.98. The summed E-state index contributed by atoms with van der Waals surface area (Å²) < 4.78 is 7.02. The second-order valence-corrected chi connectivity index (χ2v) is 8.85. The van der Waals surface area contributed by atoms with Crippen molar-refractivity contribution < 1.29 is 14.3 Å². The molecule has 0 aliphatic carbocycles. The van der Waals surface area contributed by atoms with Gasteiger partial charge in [-0.15, -0.1) is 0 Å². The van der Waals surface area contributed by atoms with Crippen LogP contribution in [0.2, 0.25) is 0 Å². The van der Waals surface area contributed by atoms with Gasteiger partial charge in [-0.3, -0.25) is 9.59 Å². The summed E-state index contributed by atoms with van der Waals surface area (Å²) in [6.45, 7) is 4.56. The Morgan fingerprint density at radius 2 is 1.53 bits per heavy atom. The van der Waals surface area contributed by atoms with Crippen LogP contribution in [0.4, 0.5) is 11.4 Å². The fourth-order valence-electron chi connectivity index (χ4n) is 3.98. The van der Waals surface area contributed by atoms with Gasteiger partial charge in [0.05, 0.1) is 13.4 Å². The number of anilines is 2. The van der Waals surface area contributed by atoms with Crippen LogP contribution in [0.15, 0.2) is 79.3 Å².